The highest BCUT2D eigenvalue weighted by atomic mass is 32.2. The van der Waals surface area contributed by atoms with E-state index in [1.807, 2.05) is 6.92 Å². The summed E-state index contributed by atoms with van der Waals surface area (Å²) >= 11 is 1.48. The van der Waals surface area contributed by atoms with Crippen molar-refractivity contribution in [1.82, 2.24) is 4.31 Å². The highest BCUT2D eigenvalue weighted by molar-refractivity contribution is 7.89. The first kappa shape index (κ1) is 16.9. The van der Waals surface area contributed by atoms with Gasteiger partial charge in [-0.25, -0.2) is 8.42 Å². The summed E-state index contributed by atoms with van der Waals surface area (Å²) in [6.45, 7) is 4.47. The van der Waals surface area contributed by atoms with E-state index in [-0.39, 0.29) is 6.04 Å². The molecule has 0 bridgehead atoms. The summed E-state index contributed by atoms with van der Waals surface area (Å²) in [7, 11) is -1.67. The van der Waals surface area contributed by atoms with Gasteiger partial charge in [0.05, 0.1) is 4.90 Å². The Kier molecular flexibility index (Phi) is 5.46. The van der Waals surface area contributed by atoms with Crippen LogP contribution in [0.5, 0.6) is 0 Å². The SMILES string of the molecule is CCC1CCC(N(C)S(=O)(=O)c2cc(CN)sc2C)CC1. The predicted octanol–water partition coefficient (Wildman–Crippen LogP) is 3.10. The Labute approximate surface area is 132 Å². The summed E-state index contributed by atoms with van der Waals surface area (Å²) in [4.78, 5) is 2.20. The average Bonchev–Trinajstić information content (AvgIpc) is 2.88. The van der Waals surface area contributed by atoms with E-state index in [4.69, 9.17) is 5.73 Å². The number of aryl methyl sites for hydroxylation is 1. The standard InChI is InChI=1S/C15H26N2O2S2/c1-4-12-5-7-13(8-6-12)17(3)21(18,19)15-9-14(10-16)20-11(15)2/h9,12-13H,4-8,10,16H2,1-3H3. The van der Waals surface area contributed by atoms with Crippen molar-refractivity contribution in [1.29, 1.82) is 0 Å². The molecule has 21 heavy (non-hydrogen) atoms. The number of hydrogen-bond donors (Lipinski definition) is 1. The van der Waals surface area contributed by atoms with E-state index in [0.29, 0.717) is 11.4 Å². The molecule has 0 amide bonds. The second kappa shape index (κ2) is 6.77. The molecular formula is C15H26N2O2S2. The van der Waals surface area contributed by atoms with Gasteiger partial charge in [-0.15, -0.1) is 11.3 Å². The minimum Gasteiger partial charge on any atom is -0.326 e. The van der Waals surface area contributed by atoms with Gasteiger partial charge in [-0.2, -0.15) is 4.31 Å². The third kappa shape index (κ3) is 3.50. The van der Waals surface area contributed by atoms with E-state index in [9.17, 15) is 8.42 Å². The van der Waals surface area contributed by atoms with Gasteiger partial charge in [0.2, 0.25) is 10.0 Å². The van der Waals surface area contributed by atoms with Gasteiger partial charge in [0, 0.05) is 29.4 Å². The van der Waals surface area contributed by atoms with Gasteiger partial charge in [-0.3, -0.25) is 0 Å². The van der Waals surface area contributed by atoms with Gasteiger partial charge in [0.15, 0.2) is 0 Å². The lowest BCUT2D eigenvalue weighted by molar-refractivity contribution is 0.233. The van der Waals surface area contributed by atoms with Crippen LogP contribution in [0.25, 0.3) is 0 Å². The van der Waals surface area contributed by atoms with Crippen LogP contribution in [0.2, 0.25) is 0 Å². The molecule has 2 N–H and O–H groups in total. The molecule has 1 heterocycles. The number of thiophene rings is 1. The highest BCUT2D eigenvalue weighted by Gasteiger charge is 2.32. The molecule has 1 aromatic rings. The topological polar surface area (TPSA) is 63.4 Å². The van der Waals surface area contributed by atoms with Gasteiger partial charge in [-0.05, 0) is 44.6 Å². The smallest absolute Gasteiger partial charge is 0.244 e. The van der Waals surface area contributed by atoms with Crippen molar-refractivity contribution < 1.29 is 8.42 Å². The molecule has 0 unspecified atom stereocenters. The van der Waals surface area contributed by atoms with Crippen LogP contribution in [-0.2, 0) is 16.6 Å². The second-order valence-electron chi connectivity index (χ2n) is 5.94. The maximum Gasteiger partial charge on any atom is 0.244 e. The normalized spacial score (nSPS) is 23.7. The van der Waals surface area contributed by atoms with Gasteiger partial charge < -0.3 is 5.73 Å². The molecule has 1 aliphatic carbocycles. The highest BCUT2D eigenvalue weighted by Crippen LogP contribution is 2.33. The van der Waals surface area contributed by atoms with Crippen molar-refractivity contribution in [3.05, 3.63) is 15.8 Å². The molecule has 0 atom stereocenters. The number of nitrogens with zero attached hydrogens (tertiary/aromatic N) is 1. The lowest BCUT2D eigenvalue weighted by Crippen LogP contribution is -2.39. The molecule has 2 rings (SSSR count). The van der Waals surface area contributed by atoms with Crippen molar-refractivity contribution in [3.63, 3.8) is 0 Å². The minimum absolute atomic E-state index is 0.137. The molecule has 1 aliphatic rings. The van der Waals surface area contributed by atoms with Crippen molar-refractivity contribution in [2.24, 2.45) is 11.7 Å². The maximum absolute atomic E-state index is 12.8. The fourth-order valence-corrected chi connectivity index (χ4v) is 6.05. The first-order valence-electron chi connectivity index (χ1n) is 7.67. The predicted molar refractivity (Wildman–Crippen MR) is 87.9 cm³/mol. The fourth-order valence-electron chi connectivity index (χ4n) is 3.15. The molecule has 0 spiro atoms. The van der Waals surface area contributed by atoms with Crippen molar-refractivity contribution in [2.45, 2.75) is 63.4 Å². The first-order chi connectivity index (χ1) is 9.90. The molecule has 1 saturated carbocycles. The zero-order chi connectivity index (χ0) is 15.6. The lowest BCUT2D eigenvalue weighted by Gasteiger charge is -2.33. The third-order valence-corrected chi connectivity index (χ3v) is 7.93. The van der Waals surface area contributed by atoms with Crippen LogP contribution in [0.15, 0.2) is 11.0 Å². The third-order valence-electron chi connectivity index (χ3n) is 4.69. The van der Waals surface area contributed by atoms with Gasteiger partial charge in [0.25, 0.3) is 0 Å². The van der Waals surface area contributed by atoms with Crippen LogP contribution >= 0.6 is 11.3 Å². The van der Waals surface area contributed by atoms with Crippen molar-refractivity contribution in [2.75, 3.05) is 7.05 Å². The minimum atomic E-state index is -3.39. The Bertz CT molecular complexity index is 572. The summed E-state index contributed by atoms with van der Waals surface area (Å²) in [6, 6.07) is 1.88. The fraction of sp³-hybridized carbons (Fsp3) is 0.733. The van der Waals surface area contributed by atoms with E-state index < -0.39 is 10.0 Å². The quantitative estimate of drug-likeness (QED) is 0.902. The van der Waals surface area contributed by atoms with Crippen LogP contribution in [0.4, 0.5) is 0 Å². The van der Waals surface area contributed by atoms with Gasteiger partial charge in [-0.1, -0.05) is 13.3 Å². The maximum atomic E-state index is 12.8. The molecule has 0 aliphatic heterocycles. The molecule has 0 saturated heterocycles. The molecular weight excluding hydrogens is 304 g/mol. The Morgan fingerprint density at radius 3 is 2.43 bits per heavy atom. The Hall–Kier alpha value is -0.430. The average molecular weight is 331 g/mol. The summed E-state index contributed by atoms with van der Waals surface area (Å²) in [5.74, 6) is 0.768. The molecule has 0 radical (unpaired) electrons. The van der Waals surface area contributed by atoms with E-state index in [2.05, 4.69) is 6.92 Å². The Balaban J connectivity index is 2.17. The molecule has 0 aromatic carbocycles. The van der Waals surface area contributed by atoms with E-state index in [1.54, 1.807) is 17.4 Å². The van der Waals surface area contributed by atoms with Crippen LogP contribution in [0, 0.1) is 12.8 Å². The number of rotatable bonds is 5. The zero-order valence-corrected chi connectivity index (χ0v) is 14.8. The summed E-state index contributed by atoms with van der Waals surface area (Å²) in [5, 5.41) is 0. The van der Waals surface area contributed by atoms with E-state index in [0.717, 1.165) is 41.4 Å². The zero-order valence-electron chi connectivity index (χ0n) is 13.1. The molecule has 120 valence electrons. The lowest BCUT2D eigenvalue weighted by atomic mass is 9.85. The van der Waals surface area contributed by atoms with Crippen LogP contribution in [0.1, 0.15) is 48.8 Å². The number of nitrogens with two attached hydrogens (primary N) is 1. The molecule has 6 heteroatoms. The van der Waals surface area contributed by atoms with E-state index >= 15 is 0 Å². The molecule has 1 aromatic heterocycles. The molecule has 4 nitrogen and oxygen atoms in total. The second-order valence-corrected chi connectivity index (χ2v) is 9.25. The summed E-state index contributed by atoms with van der Waals surface area (Å²) in [6.07, 6.45) is 5.42. The number of hydrogen-bond acceptors (Lipinski definition) is 4. The van der Waals surface area contributed by atoms with Crippen LogP contribution in [0.3, 0.4) is 0 Å². The van der Waals surface area contributed by atoms with Gasteiger partial charge >= 0.3 is 0 Å². The van der Waals surface area contributed by atoms with Crippen LogP contribution in [-0.4, -0.2) is 25.8 Å². The number of sulfonamides is 1. The summed E-state index contributed by atoms with van der Waals surface area (Å²) < 4.78 is 27.2. The Morgan fingerprint density at radius 2 is 1.95 bits per heavy atom. The monoisotopic (exact) mass is 330 g/mol. The van der Waals surface area contributed by atoms with Gasteiger partial charge in [0.1, 0.15) is 0 Å². The van der Waals surface area contributed by atoms with Crippen molar-refractivity contribution >= 4 is 21.4 Å². The van der Waals surface area contributed by atoms with Crippen molar-refractivity contribution in [3.8, 4) is 0 Å². The van der Waals surface area contributed by atoms with Crippen LogP contribution < -0.4 is 5.73 Å². The first-order valence-corrected chi connectivity index (χ1v) is 9.93. The van der Waals surface area contributed by atoms with E-state index in [1.165, 1.54) is 17.8 Å². The molecule has 1 fully saturated rings. The summed E-state index contributed by atoms with van der Waals surface area (Å²) in [5.41, 5.74) is 5.63. The largest absolute Gasteiger partial charge is 0.326 e. The Morgan fingerprint density at radius 1 is 1.33 bits per heavy atom.